The van der Waals surface area contributed by atoms with Gasteiger partial charge in [0, 0.05) is 22.1 Å². The first-order chi connectivity index (χ1) is 13.2. The predicted octanol–water partition coefficient (Wildman–Crippen LogP) is 4.37. The molecule has 0 fully saturated rings. The molecule has 0 aliphatic carbocycles. The van der Waals surface area contributed by atoms with E-state index in [1.807, 2.05) is 60.9 Å². The number of thioether (sulfide) groups is 1. The van der Waals surface area contributed by atoms with Gasteiger partial charge < -0.3 is 8.94 Å². The lowest BCUT2D eigenvalue weighted by Gasteiger charge is -1.98. The number of carbonyl (C=O) groups excluding carboxylic acids is 1. The number of amides is 1. The van der Waals surface area contributed by atoms with E-state index in [0.717, 1.165) is 16.0 Å². The van der Waals surface area contributed by atoms with Crippen molar-refractivity contribution in [2.45, 2.75) is 4.90 Å². The second-order valence-electron chi connectivity index (χ2n) is 5.54. The molecule has 0 spiro atoms. The van der Waals surface area contributed by atoms with E-state index in [-0.39, 0.29) is 11.7 Å². The Morgan fingerprint density at radius 3 is 2.63 bits per heavy atom. The highest BCUT2D eigenvalue weighted by Crippen LogP contribution is 2.25. The van der Waals surface area contributed by atoms with E-state index in [4.69, 9.17) is 8.94 Å². The van der Waals surface area contributed by atoms with Gasteiger partial charge in [0.1, 0.15) is 0 Å². The van der Waals surface area contributed by atoms with Crippen molar-refractivity contribution in [1.29, 1.82) is 0 Å². The maximum Gasteiger partial charge on any atom is 0.322 e. The lowest BCUT2D eigenvalue weighted by atomic mass is 10.1. The van der Waals surface area contributed by atoms with Gasteiger partial charge in [0.2, 0.25) is 5.89 Å². The van der Waals surface area contributed by atoms with Crippen molar-refractivity contribution in [2.24, 2.45) is 0 Å². The van der Waals surface area contributed by atoms with Crippen molar-refractivity contribution in [3.8, 4) is 22.8 Å². The number of hydrogen-bond acceptors (Lipinski definition) is 7. The first-order valence-electron chi connectivity index (χ1n) is 8.04. The Morgan fingerprint density at radius 2 is 1.81 bits per heavy atom. The molecule has 2 aromatic carbocycles. The topological polar surface area (TPSA) is 94.1 Å². The Kier molecular flexibility index (Phi) is 4.71. The third-order valence-corrected chi connectivity index (χ3v) is 4.49. The smallest absolute Gasteiger partial charge is 0.322 e. The number of aromatic nitrogens is 3. The first kappa shape index (κ1) is 17.0. The van der Waals surface area contributed by atoms with Gasteiger partial charge in [-0.15, -0.1) is 16.9 Å². The minimum Gasteiger partial charge on any atom is -0.403 e. The van der Waals surface area contributed by atoms with E-state index in [1.54, 1.807) is 17.8 Å². The van der Waals surface area contributed by atoms with Gasteiger partial charge in [0.15, 0.2) is 11.5 Å². The van der Waals surface area contributed by atoms with Gasteiger partial charge in [-0.1, -0.05) is 46.7 Å². The molecule has 0 aliphatic rings. The molecule has 0 radical (unpaired) electrons. The fourth-order valence-electron chi connectivity index (χ4n) is 2.43. The number of benzene rings is 2. The van der Waals surface area contributed by atoms with Crippen LogP contribution in [0, 0.1) is 0 Å². The minimum absolute atomic E-state index is 0.00573. The van der Waals surface area contributed by atoms with E-state index >= 15 is 0 Å². The van der Waals surface area contributed by atoms with Gasteiger partial charge in [-0.05, 0) is 24.5 Å². The van der Waals surface area contributed by atoms with Gasteiger partial charge in [0.25, 0.3) is 5.91 Å². The normalized spacial score (nSPS) is 10.7. The number of nitrogens with one attached hydrogen (secondary N) is 1. The van der Waals surface area contributed by atoms with Crippen LogP contribution in [0.5, 0.6) is 0 Å². The molecule has 1 N–H and O–H groups in total. The summed E-state index contributed by atoms with van der Waals surface area (Å²) in [5, 5.41) is 14.2. The molecule has 2 aromatic heterocycles. The summed E-state index contributed by atoms with van der Waals surface area (Å²) in [5.41, 5.74) is 1.73. The van der Waals surface area contributed by atoms with Crippen LogP contribution >= 0.6 is 11.8 Å². The Balaban J connectivity index is 1.49. The van der Waals surface area contributed by atoms with Crippen molar-refractivity contribution < 1.29 is 13.7 Å². The standard InChI is InChI=1S/C19H14N4O3S/c1-27-14-9-5-8-13(10-14)18-21-22-19(25-18)20-17(24)15-11-16(26-23-15)12-6-3-2-4-7-12/h2-11H,1H3,(H,20,22,24). The summed E-state index contributed by atoms with van der Waals surface area (Å²) in [4.78, 5) is 13.4. The van der Waals surface area contributed by atoms with Crippen LogP contribution in [-0.4, -0.2) is 27.5 Å². The van der Waals surface area contributed by atoms with Crippen molar-refractivity contribution in [3.05, 3.63) is 66.4 Å². The highest BCUT2D eigenvalue weighted by atomic mass is 32.2. The Hall–Kier alpha value is -3.39. The highest BCUT2D eigenvalue weighted by molar-refractivity contribution is 7.98. The number of carbonyl (C=O) groups is 1. The van der Waals surface area contributed by atoms with Crippen LogP contribution in [0.4, 0.5) is 6.01 Å². The minimum atomic E-state index is -0.492. The van der Waals surface area contributed by atoms with Crippen molar-refractivity contribution in [3.63, 3.8) is 0 Å². The van der Waals surface area contributed by atoms with Crippen LogP contribution in [0.25, 0.3) is 22.8 Å². The molecule has 0 aliphatic heterocycles. The number of nitrogens with zero attached hydrogens (tertiary/aromatic N) is 3. The predicted molar refractivity (Wildman–Crippen MR) is 101 cm³/mol. The van der Waals surface area contributed by atoms with E-state index in [0.29, 0.717) is 11.7 Å². The monoisotopic (exact) mass is 378 g/mol. The third kappa shape index (κ3) is 3.75. The van der Waals surface area contributed by atoms with E-state index < -0.39 is 5.91 Å². The fraction of sp³-hybridized carbons (Fsp3) is 0.0526. The summed E-state index contributed by atoms with van der Waals surface area (Å²) in [6.45, 7) is 0. The van der Waals surface area contributed by atoms with Gasteiger partial charge in [-0.2, -0.15) is 0 Å². The Morgan fingerprint density at radius 1 is 1.00 bits per heavy atom. The lowest BCUT2D eigenvalue weighted by Crippen LogP contribution is -2.12. The Bertz CT molecular complexity index is 1080. The van der Waals surface area contributed by atoms with Gasteiger partial charge in [-0.3, -0.25) is 10.1 Å². The molecular weight excluding hydrogens is 364 g/mol. The van der Waals surface area contributed by atoms with Gasteiger partial charge >= 0.3 is 6.01 Å². The summed E-state index contributed by atoms with van der Waals surface area (Å²) >= 11 is 1.61. The number of anilines is 1. The molecule has 0 unspecified atom stereocenters. The maximum atomic E-state index is 12.3. The lowest BCUT2D eigenvalue weighted by molar-refractivity contribution is 0.101. The zero-order valence-corrected chi connectivity index (χ0v) is 15.1. The first-order valence-corrected chi connectivity index (χ1v) is 9.27. The summed E-state index contributed by atoms with van der Waals surface area (Å²) in [6.07, 6.45) is 1.99. The highest BCUT2D eigenvalue weighted by Gasteiger charge is 2.17. The van der Waals surface area contributed by atoms with E-state index in [9.17, 15) is 4.79 Å². The molecule has 0 saturated carbocycles. The van der Waals surface area contributed by atoms with Crippen LogP contribution in [0.3, 0.4) is 0 Å². The van der Waals surface area contributed by atoms with Gasteiger partial charge in [0.05, 0.1) is 0 Å². The average molecular weight is 378 g/mol. The molecular formula is C19H14N4O3S. The largest absolute Gasteiger partial charge is 0.403 e. The summed E-state index contributed by atoms with van der Waals surface area (Å²) in [7, 11) is 0. The van der Waals surface area contributed by atoms with Crippen LogP contribution in [0.15, 0.2) is 74.5 Å². The molecule has 134 valence electrons. The zero-order valence-electron chi connectivity index (χ0n) is 14.2. The van der Waals surface area contributed by atoms with Crippen molar-refractivity contribution in [2.75, 3.05) is 11.6 Å². The second-order valence-corrected chi connectivity index (χ2v) is 6.42. The SMILES string of the molecule is CSc1cccc(-c2nnc(NC(=O)c3cc(-c4ccccc4)on3)o2)c1. The molecule has 0 saturated heterocycles. The quantitative estimate of drug-likeness (QED) is 0.515. The van der Waals surface area contributed by atoms with Crippen LogP contribution in [0.2, 0.25) is 0 Å². The molecule has 27 heavy (non-hydrogen) atoms. The van der Waals surface area contributed by atoms with Crippen molar-refractivity contribution in [1.82, 2.24) is 15.4 Å². The molecule has 4 rings (SSSR count). The average Bonchev–Trinajstić information content (AvgIpc) is 3.39. The Labute approximate surface area is 158 Å². The molecule has 1 amide bonds. The maximum absolute atomic E-state index is 12.3. The summed E-state index contributed by atoms with van der Waals surface area (Å²) < 4.78 is 10.8. The van der Waals surface area contributed by atoms with Gasteiger partial charge in [-0.25, -0.2) is 0 Å². The fourth-order valence-corrected chi connectivity index (χ4v) is 2.89. The molecule has 7 nitrogen and oxygen atoms in total. The third-order valence-electron chi connectivity index (χ3n) is 3.76. The van der Waals surface area contributed by atoms with Crippen molar-refractivity contribution >= 4 is 23.7 Å². The van der Waals surface area contributed by atoms with Crippen LogP contribution in [0.1, 0.15) is 10.5 Å². The zero-order chi connectivity index (χ0) is 18.6. The molecule has 0 atom stereocenters. The van der Waals surface area contributed by atoms with Crippen LogP contribution in [-0.2, 0) is 0 Å². The second kappa shape index (κ2) is 7.46. The number of hydrogen-bond donors (Lipinski definition) is 1. The molecule has 0 bridgehead atoms. The van der Waals surface area contributed by atoms with Crippen LogP contribution < -0.4 is 5.32 Å². The molecule has 8 heteroatoms. The van der Waals surface area contributed by atoms with E-state index in [1.165, 1.54) is 0 Å². The van der Waals surface area contributed by atoms with E-state index in [2.05, 4.69) is 20.7 Å². The summed E-state index contributed by atoms with van der Waals surface area (Å²) in [5.74, 6) is 0.334. The summed E-state index contributed by atoms with van der Waals surface area (Å²) in [6, 6.07) is 18.6. The molecule has 4 aromatic rings. The number of rotatable bonds is 5. The molecule has 2 heterocycles.